The first-order valence-electron chi connectivity index (χ1n) is 4.64. The van der Waals surface area contributed by atoms with Gasteiger partial charge in [-0.05, 0) is 30.7 Å². The molecule has 0 amide bonds. The Morgan fingerprint density at radius 2 is 2.07 bits per heavy atom. The second kappa shape index (κ2) is 2.82. The Hall–Kier alpha value is -1.34. The second-order valence-corrected chi connectivity index (χ2v) is 4.59. The molecule has 0 spiro atoms. The molecule has 1 heteroatoms. The van der Waals surface area contributed by atoms with Crippen molar-refractivity contribution in [2.75, 3.05) is 0 Å². The average Bonchev–Trinajstić information content (AvgIpc) is 2.54. The normalized spacial score (nSPS) is 11.2. The van der Waals surface area contributed by atoms with Crippen molar-refractivity contribution < 1.29 is 0 Å². The largest absolute Gasteiger partial charge is 0.135 e. The number of fused-ring (bicyclic) bond motifs is 3. The van der Waals surface area contributed by atoms with Gasteiger partial charge in [-0.2, -0.15) is 0 Å². The van der Waals surface area contributed by atoms with E-state index in [1.807, 2.05) is 23.5 Å². The third kappa shape index (κ3) is 1.06. The Kier molecular flexibility index (Phi) is 1.62. The minimum atomic E-state index is 1.26. The van der Waals surface area contributed by atoms with Crippen molar-refractivity contribution >= 4 is 31.5 Å². The zero-order chi connectivity index (χ0) is 9.54. The molecule has 0 fully saturated rings. The minimum absolute atomic E-state index is 1.26. The lowest BCUT2D eigenvalue weighted by Crippen LogP contribution is -1.69. The van der Waals surface area contributed by atoms with Crippen molar-refractivity contribution in [3.05, 3.63) is 48.0 Å². The van der Waals surface area contributed by atoms with Gasteiger partial charge in [0.05, 0.1) is 0 Å². The summed E-state index contributed by atoms with van der Waals surface area (Å²) in [4.78, 5) is 0. The summed E-state index contributed by atoms with van der Waals surface area (Å²) in [6, 6.07) is 16.1. The van der Waals surface area contributed by atoms with Crippen LogP contribution in [-0.4, -0.2) is 0 Å². The van der Waals surface area contributed by atoms with Crippen LogP contribution >= 0.6 is 11.3 Å². The van der Waals surface area contributed by atoms with E-state index in [1.54, 1.807) is 0 Å². The van der Waals surface area contributed by atoms with Gasteiger partial charge in [0.1, 0.15) is 0 Å². The molecule has 0 aliphatic heterocycles. The highest BCUT2D eigenvalue weighted by Gasteiger charge is 2.03. The van der Waals surface area contributed by atoms with Gasteiger partial charge in [0.2, 0.25) is 0 Å². The van der Waals surface area contributed by atoms with Gasteiger partial charge in [0.15, 0.2) is 0 Å². The van der Waals surface area contributed by atoms with Crippen LogP contribution in [0, 0.1) is 13.0 Å². The number of hydrogen-bond donors (Lipinski definition) is 0. The molecule has 1 radical (unpaired) electrons. The standard InChI is InChI=1S/C13H9S/c1-9-6-7-11-10-4-2-3-5-12(10)14-13(11)8-9/h2-3,5-8H,1H3. The van der Waals surface area contributed by atoms with E-state index in [0.29, 0.717) is 0 Å². The molecule has 2 aromatic carbocycles. The van der Waals surface area contributed by atoms with E-state index in [9.17, 15) is 0 Å². The molecule has 0 N–H and O–H groups in total. The number of rotatable bonds is 0. The molecule has 0 aliphatic rings. The summed E-state index contributed by atoms with van der Waals surface area (Å²) in [5.74, 6) is 0. The van der Waals surface area contributed by atoms with Gasteiger partial charge in [0.25, 0.3) is 0 Å². The number of aryl methyl sites for hydroxylation is 1. The van der Waals surface area contributed by atoms with Crippen molar-refractivity contribution in [1.29, 1.82) is 0 Å². The maximum absolute atomic E-state index is 3.30. The van der Waals surface area contributed by atoms with Gasteiger partial charge in [-0.25, -0.2) is 0 Å². The van der Waals surface area contributed by atoms with Crippen molar-refractivity contribution in [1.82, 2.24) is 0 Å². The van der Waals surface area contributed by atoms with Crippen molar-refractivity contribution in [3.8, 4) is 0 Å². The van der Waals surface area contributed by atoms with E-state index in [4.69, 9.17) is 0 Å². The summed E-state index contributed by atoms with van der Waals surface area (Å²) < 4.78 is 2.69. The van der Waals surface area contributed by atoms with Crippen molar-refractivity contribution in [2.24, 2.45) is 0 Å². The summed E-state index contributed by atoms with van der Waals surface area (Å²) in [5.41, 5.74) is 1.32. The number of hydrogen-bond acceptors (Lipinski definition) is 1. The highest BCUT2D eigenvalue weighted by Crippen LogP contribution is 2.33. The molecular formula is C13H9S. The van der Waals surface area contributed by atoms with E-state index in [1.165, 1.54) is 25.7 Å². The summed E-state index contributed by atoms with van der Waals surface area (Å²) in [6.45, 7) is 2.13. The Balaban J connectivity index is 2.57. The Morgan fingerprint density at radius 3 is 3.00 bits per heavy atom. The quantitative estimate of drug-likeness (QED) is 0.507. The molecule has 3 rings (SSSR count). The van der Waals surface area contributed by atoms with Gasteiger partial charge < -0.3 is 0 Å². The molecule has 3 aromatic rings. The molecule has 0 aliphatic carbocycles. The van der Waals surface area contributed by atoms with Crippen LogP contribution in [0.1, 0.15) is 5.56 Å². The van der Waals surface area contributed by atoms with Crippen LogP contribution in [0.25, 0.3) is 20.2 Å². The van der Waals surface area contributed by atoms with Crippen LogP contribution in [0.15, 0.2) is 36.4 Å². The van der Waals surface area contributed by atoms with Crippen LogP contribution in [0.5, 0.6) is 0 Å². The Labute approximate surface area is 86.8 Å². The summed E-state index contributed by atoms with van der Waals surface area (Å²) in [5, 5.41) is 2.59. The maximum atomic E-state index is 3.30. The lowest BCUT2D eigenvalue weighted by Gasteiger charge is -1.92. The number of benzene rings is 2. The van der Waals surface area contributed by atoms with E-state index in [2.05, 4.69) is 37.3 Å². The summed E-state index contributed by atoms with van der Waals surface area (Å²) >= 11 is 1.84. The number of thiophene rings is 1. The van der Waals surface area contributed by atoms with Crippen LogP contribution in [-0.2, 0) is 0 Å². The van der Waals surface area contributed by atoms with Gasteiger partial charge in [0, 0.05) is 20.2 Å². The first kappa shape index (κ1) is 8.01. The van der Waals surface area contributed by atoms with E-state index in [0.717, 1.165) is 0 Å². The monoisotopic (exact) mass is 197 g/mol. The lowest BCUT2D eigenvalue weighted by atomic mass is 10.1. The van der Waals surface area contributed by atoms with Gasteiger partial charge >= 0.3 is 0 Å². The molecule has 0 unspecified atom stereocenters. The first-order valence-corrected chi connectivity index (χ1v) is 5.46. The predicted molar refractivity (Wildman–Crippen MR) is 62.9 cm³/mol. The average molecular weight is 197 g/mol. The van der Waals surface area contributed by atoms with E-state index < -0.39 is 0 Å². The van der Waals surface area contributed by atoms with E-state index >= 15 is 0 Å². The zero-order valence-electron chi connectivity index (χ0n) is 7.87. The summed E-state index contributed by atoms with van der Waals surface area (Å²) in [6.07, 6.45) is 0. The molecule has 1 heterocycles. The fraction of sp³-hybridized carbons (Fsp3) is 0.0769. The molecular weight excluding hydrogens is 188 g/mol. The fourth-order valence-electron chi connectivity index (χ4n) is 1.76. The molecule has 0 nitrogen and oxygen atoms in total. The Morgan fingerprint density at radius 1 is 1.14 bits per heavy atom. The highest BCUT2D eigenvalue weighted by molar-refractivity contribution is 7.25. The lowest BCUT2D eigenvalue weighted by molar-refractivity contribution is 1.52. The van der Waals surface area contributed by atoms with Gasteiger partial charge in [-0.15, -0.1) is 11.3 Å². The molecule has 1 aromatic heterocycles. The summed E-state index contributed by atoms with van der Waals surface area (Å²) in [7, 11) is 0. The smallest absolute Gasteiger partial charge is 0.0361 e. The third-order valence-corrected chi connectivity index (χ3v) is 3.56. The molecule has 14 heavy (non-hydrogen) atoms. The maximum Gasteiger partial charge on any atom is 0.0361 e. The predicted octanol–water partition coefficient (Wildman–Crippen LogP) is 4.16. The van der Waals surface area contributed by atoms with Crippen molar-refractivity contribution in [2.45, 2.75) is 6.92 Å². The topological polar surface area (TPSA) is 0 Å². The molecule has 0 saturated heterocycles. The zero-order valence-corrected chi connectivity index (χ0v) is 8.69. The van der Waals surface area contributed by atoms with Crippen LogP contribution in [0.3, 0.4) is 0 Å². The molecule has 0 atom stereocenters. The molecule has 0 saturated carbocycles. The van der Waals surface area contributed by atoms with Gasteiger partial charge in [-0.3, -0.25) is 0 Å². The van der Waals surface area contributed by atoms with Gasteiger partial charge in [-0.1, -0.05) is 24.3 Å². The van der Waals surface area contributed by atoms with E-state index in [-0.39, 0.29) is 0 Å². The SMILES string of the molecule is Cc1ccc2c(c1)sc1ccc[c]c12. The first-order chi connectivity index (χ1) is 6.84. The Bertz CT molecular complexity index is 605. The van der Waals surface area contributed by atoms with Crippen LogP contribution < -0.4 is 0 Å². The highest BCUT2D eigenvalue weighted by atomic mass is 32.1. The second-order valence-electron chi connectivity index (χ2n) is 3.51. The third-order valence-electron chi connectivity index (χ3n) is 2.44. The van der Waals surface area contributed by atoms with Crippen LogP contribution in [0.2, 0.25) is 0 Å². The molecule has 67 valence electrons. The van der Waals surface area contributed by atoms with Crippen LogP contribution in [0.4, 0.5) is 0 Å². The minimum Gasteiger partial charge on any atom is -0.135 e. The fourth-order valence-corrected chi connectivity index (χ4v) is 2.94. The molecule has 0 bridgehead atoms. The van der Waals surface area contributed by atoms with Crippen molar-refractivity contribution in [3.63, 3.8) is 0 Å².